The summed E-state index contributed by atoms with van der Waals surface area (Å²) in [6.07, 6.45) is 0. The molecule has 0 saturated carbocycles. The van der Waals surface area contributed by atoms with Crippen molar-refractivity contribution in [3.63, 3.8) is 0 Å². The van der Waals surface area contributed by atoms with Gasteiger partial charge in [0.05, 0.1) is 13.2 Å². The average Bonchev–Trinajstić information content (AvgIpc) is 2.31. The minimum atomic E-state index is 0.365. The van der Waals surface area contributed by atoms with Crippen molar-refractivity contribution in [2.24, 2.45) is 0 Å². The Morgan fingerprint density at radius 3 is 2.53 bits per heavy atom. The number of nitrogens with one attached hydrogen (secondary N) is 1. The van der Waals surface area contributed by atoms with Gasteiger partial charge in [-0.1, -0.05) is 30.3 Å². The molecule has 1 atom stereocenters. The van der Waals surface area contributed by atoms with Crippen LogP contribution in [0.3, 0.4) is 0 Å². The molecule has 3 heteroatoms. The highest BCUT2D eigenvalue weighted by Gasteiger charge is 2.13. The van der Waals surface area contributed by atoms with Crippen molar-refractivity contribution in [2.75, 3.05) is 26.3 Å². The second kappa shape index (κ2) is 5.26. The van der Waals surface area contributed by atoms with E-state index in [0.717, 1.165) is 26.3 Å². The summed E-state index contributed by atoms with van der Waals surface area (Å²) >= 11 is 0. The van der Waals surface area contributed by atoms with E-state index in [1.54, 1.807) is 0 Å². The van der Waals surface area contributed by atoms with Crippen LogP contribution in [0.2, 0.25) is 0 Å². The number of hydrogen-bond donors (Lipinski definition) is 1. The predicted molar refractivity (Wildman–Crippen MR) is 60.4 cm³/mol. The van der Waals surface area contributed by atoms with E-state index in [0.29, 0.717) is 6.04 Å². The van der Waals surface area contributed by atoms with Crippen LogP contribution in [0.4, 0.5) is 0 Å². The fraction of sp³-hybridized carbons (Fsp3) is 0.500. The van der Waals surface area contributed by atoms with E-state index in [9.17, 15) is 0 Å². The van der Waals surface area contributed by atoms with E-state index in [4.69, 9.17) is 4.74 Å². The van der Waals surface area contributed by atoms with E-state index < -0.39 is 0 Å². The first-order valence-corrected chi connectivity index (χ1v) is 5.50. The fourth-order valence-corrected chi connectivity index (χ4v) is 1.78. The van der Waals surface area contributed by atoms with Gasteiger partial charge in [-0.25, -0.2) is 10.4 Å². The van der Waals surface area contributed by atoms with E-state index in [1.807, 2.05) is 6.07 Å². The summed E-state index contributed by atoms with van der Waals surface area (Å²) in [7, 11) is 0. The van der Waals surface area contributed by atoms with Gasteiger partial charge < -0.3 is 4.74 Å². The standard InChI is InChI=1S/C12H18N2O/c1-11(12-5-3-2-4-6-12)13-14-7-9-15-10-8-14/h2-6,11,13H,7-10H2,1H3/t11-/m1/s1. The highest BCUT2D eigenvalue weighted by atomic mass is 16.5. The SMILES string of the molecule is C[C@@H](NN1CCOCC1)c1ccccc1. The van der Waals surface area contributed by atoms with Gasteiger partial charge in [-0.2, -0.15) is 0 Å². The minimum Gasteiger partial charge on any atom is -0.379 e. The lowest BCUT2D eigenvalue weighted by atomic mass is 10.1. The molecule has 1 aliphatic rings. The van der Waals surface area contributed by atoms with Crippen molar-refractivity contribution in [3.05, 3.63) is 35.9 Å². The van der Waals surface area contributed by atoms with Gasteiger partial charge in [-0.15, -0.1) is 0 Å². The van der Waals surface area contributed by atoms with Crippen LogP contribution in [0.15, 0.2) is 30.3 Å². The first-order valence-electron chi connectivity index (χ1n) is 5.50. The first-order chi connectivity index (χ1) is 7.36. The van der Waals surface area contributed by atoms with Crippen molar-refractivity contribution >= 4 is 0 Å². The Morgan fingerprint density at radius 1 is 1.20 bits per heavy atom. The molecule has 0 amide bonds. The molecule has 1 saturated heterocycles. The Morgan fingerprint density at radius 2 is 1.87 bits per heavy atom. The largest absolute Gasteiger partial charge is 0.379 e. The third kappa shape index (κ3) is 3.02. The molecule has 1 aromatic carbocycles. The smallest absolute Gasteiger partial charge is 0.0608 e. The first kappa shape index (κ1) is 10.6. The Hall–Kier alpha value is -0.900. The van der Waals surface area contributed by atoms with E-state index in [-0.39, 0.29) is 0 Å². The van der Waals surface area contributed by atoms with Crippen molar-refractivity contribution < 1.29 is 4.74 Å². The van der Waals surface area contributed by atoms with Crippen LogP contribution < -0.4 is 5.43 Å². The van der Waals surface area contributed by atoms with Crippen molar-refractivity contribution in [3.8, 4) is 0 Å². The topological polar surface area (TPSA) is 24.5 Å². The van der Waals surface area contributed by atoms with Gasteiger partial charge in [-0.05, 0) is 12.5 Å². The molecule has 1 fully saturated rings. The maximum Gasteiger partial charge on any atom is 0.0608 e. The summed E-state index contributed by atoms with van der Waals surface area (Å²) in [4.78, 5) is 0. The van der Waals surface area contributed by atoms with Gasteiger partial charge >= 0.3 is 0 Å². The van der Waals surface area contributed by atoms with E-state index in [2.05, 4.69) is 41.6 Å². The second-order valence-electron chi connectivity index (χ2n) is 3.86. The molecule has 0 bridgehead atoms. The monoisotopic (exact) mass is 206 g/mol. The van der Waals surface area contributed by atoms with Crippen molar-refractivity contribution in [2.45, 2.75) is 13.0 Å². The molecule has 0 aromatic heterocycles. The highest BCUT2D eigenvalue weighted by Crippen LogP contribution is 2.12. The Labute approximate surface area is 91.0 Å². The van der Waals surface area contributed by atoms with Crippen LogP contribution in [0, 0.1) is 0 Å². The number of hydrazine groups is 1. The lowest BCUT2D eigenvalue weighted by Gasteiger charge is -2.30. The van der Waals surface area contributed by atoms with Crippen molar-refractivity contribution in [1.29, 1.82) is 0 Å². The number of benzene rings is 1. The summed E-state index contributed by atoms with van der Waals surface area (Å²) in [5.74, 6) is 0. The van der Waals surface area contributed by atoms with E-state index >= 15 is 0 Å². The maximum atomic E-state index is 5.31. The molecular formula is C12H18N2O. The van der Waals surface area contributed by atoms with Crippen LogP contribution in [-0.2, 0) is 4.74 Å². The molecule has 15 heavy (non-hydrogen) atoms. The normalized spacial score (nSPS) is 20.1. The third-order valence-corrected chi connectivity index (χ3v) is 2.69. The lowest BCUT2D eigenvalue weighted by Crippen LogP contribution is -2.46. The molecule has 0 unspecified atom stereocenters. The zero-order valence-corrected chi connectivity index (χ0v) is 9.15. The summed E-state index contributed by atoms with van der Waals surface area (Å²) in [6.45, 7) is 5.78. The molecule has 0 aliphatic carbocycles. The van der Waals surface area contributed by atoms with Gasteiger partial charge in [0.1, 0.15) is 0 Å². The number of ether oxygens (including phenoxy) is 1. The zero-order chi connectivity index (χ0) is 10.5. The van der Waals surface area contributed by atoms with Crippen LogP contribution in [0.25, 0.3) is 0 Å². The number of rotatable bonds is 3. The van der Waals surface area contributed by atoms with Gasteiger partial charge in [0.2, 0.25) is 0 Å². The van der Waals surface area contributed by atoms with Gasteiger partial charge in [0, 0.05) is 19.1 Å². The molecule has 2 rings (SSSR count). The van der Waals surface area contributed by atoms with Gasteiger partial charge in [-0.3, -0.25) is 0 Å². The third-order valence-electron chi connectivity index (χ3n) is 2.69. The molecule has 3 nitrogen and oxygen atoms in total. The Balaban J connectivity index is 1.88. The summed E-state index contributed by atoms with van der Waals surface area (Å²) in [5, 5.41) is 2.24. The zero-order valence-electron chi connectivity index (χ0n) is 9.15. The molecule has 82 valence electrons. The summed E-state index contributed by atoms with van der Waals surface area (Å²) in [6, 6.07) is 10.9. The number of morpholine rings is 1. The van der Waals surface area contributed by atoms with E-state index in [1.165, 1.54) is 5.56 Å². The quantitative estimate of drug-likeness (QED) is 0.812. The van der Waals surface area contributed by atoms with Gasteiger partial charge in [0.15, 0.2) is 0 Å². The molecule has 1 heterocycles. The molecule has 1 N–H and O–H groups in total. The Kier molecular flexibility index (Phi) is 3.72. The van der Waals surface area contributed by atoms with Crippen molar-refractivity contribution in [1.82, 2.24) is 10.4 Å². The van der Waals surface area contributed by atoms with Crippen LogP contribution in [0.1, 0.15) is 18.5 Å². The number of nitrogens with zero attached hydrogens (tertiary/aromatic N) is 1. The second-order valence-corrected chi connectivity index (χ2v) is 3.86. The summed E-state index contributed by atoms with van der Waals surface area (Å²) in [5.41, 5.74) is 4.81. The number of hydrogen-bond acceptors (Lipinski definition) is 3. The van der Waals surface area contributed by atoms with Gasteiger partial charge in [0.25, 0.3) is 0 Å². The van der Waals surface area contributed by atoms with Crippen LogP contribution >= 0.6 is 0 Å². The highest BCUT2D eigenvalue weighted by molar-refractivity contribution is 5.17. The molecule has 0 radical (unpaired) electrons. The van der Waals surface area contributed by atoms with Crippen LogP contribution in [-0.4, -0.2) is 31.3 Å². The molecule has 1 aromatic rings. The average molecular weight is 206 g/mol. The molecule has 1 aliphatic heterocycles. The Bertz CT molecular complexity index is 283. The fourth-order valence-electron chi connectivity index (χ4n) is 1.78. The predicted octanol–water partition coefficient (Wildman–Crippen LogP) is 1.58. The minimum absolute atomic E-state index is 0.365. The lowest BCUT2D eigenvalue weighted by molar-refractivity contribution is 0.00484. The maximum absolute atomic E-state index is 5.31. The molecule has 0 spiro atoms. The van der Waals surface area contributed by atoms with Crippen LogP contribution in [0.5, 0.6) is 0 Å². The molecular weight excluding hydrogens is 188 g/mol. The summed E-state index contributed by atoms with van der Waals surface area (Å²) < 4.78 is 5.31.